The summed E-state index contributed by atoms with van der Waals surface area (Å²) < 4.78 is 9.76. The summed E-state index contributed by atoms with van der Waals surface area (Å²) in [4.78, 5) is 40.5. The second-order valence-electron chi connectivity index (χ2n) is 4.71. The third-order valence-corrected chi connectivity index (χ3v) is 2.97. The molecule has 0 fully saturated rings. The Morgan fingerprint density at radius 3 is 2.40 bits per heavy atom. The van der Waals surface area contributed by atoms with Gasteiger partial charge in [0.05, 0.1) is 13.2 Å². The first-order chi connectivity index (χ1) is 12.2. The van der Waals surface area contributed by atoms with Crippen LogP contribution in [0, 0.1) is 5.92 Å². The maximum atomic E-state index is 11.9. The summed E-state index contributed by atoms with van der Waals surface area (Å²) in [7, 11) is 0. The van der Waals surface area contributed by atoms with Crippen LogP contribution in [-0.4, -0.2) is 46.3 Å². The number of aromatic nitrogens is 3. The van der Waals surface area contributed by atoms with Gasteiger partial charge in [-0.05, 0) is 26.0 Å². The van der Waals surface area contributed by atoms with Gasteiger partial charge in [0.15, 0.2) is 17.6 Å². The van der Waals surface area contributed by atoms with E-state index >= 15 is 0 Å². The van der Waals surface area contributed by atoms with Gasteiger partial charge < -0.3 is 9.47 Å². The van der Waals surface area contributed by atoms with Gasteiger partial charge in [0.1, 0.15) is 5.69 Å². The Morgan fingerprint density at radius 1 is 1.08 bits per heavy atom. The van der Waals surface area contributed by atoms with Crippen LogP contribution < -0.4 is 0 Å². The van der Waals surface area contributed by atoms with Crippen LogP contribution in [0.1, 0.15) is 13.8 Å². The molecule has 0 bridgehead atoms. The molecule has 8 heteroatoms. The number of esters is 2. The summed E-state index contributed by atoms with van der Waals surface area (Å²) in [5, 5.41) is 0. The molecule has 0 aliphatic heterocycles. The molecule has 0 N–H and O–H groups in total. The zero-order valence-corrected chi connectivity index (χ0v) is 14.0. The standard InChI is InChI=1S/C17H18N4O4/c1-3-24-16(22)12(17(23)25-4-2)11-20-14-8-10-19-15(21-14)13-7-5-6-9-18-13/h5-12H,3-4H2,1-2H3. The van der Waals surface area contributed by atoms with Crippen LogP contribution >= 0.6 is 0 Å². The SMILES string of the molecule is CCOC(=O)C(C=Nc1ccnc(-c2ccccn2)n1)C(=O)OCC. The number of carbonyl (C=O) groups excluding carboxylic acids is 2. The van der Waals surface area contributed by atoms with Crippen LogP contribution in [0.25, 0.3) is 11.5 Å². The molecule has 0 saturated heterocycles. The van der Waals surface area contributed by atoms with E-state index in [2.05, 4.69) is 19.9 Å². The van der Waals surface area contributed by atoms with Crippen molar-refractivity contribution in [3.8, 4) is 11.5 Å². The number of carbonyl (C=O) groups is 2. The molecule has 0 aromatic carbocycles. The van der Waals surface area contributed by atoms with Gasteiger partial charge in [-0.3, -0.25) is 14.6 Å². The highest BCUT2D eigenvalue weighted by Gasteiger charge is 2.27. The van der Waals surface area contributed by atoms with Crippen molar-refractivity contribution in [1.29, 1.82) is 0 Å². The van der Waals surface area contributed by atoms with Crippen LogP contribution in [0.3, 0.4) is 0 Å². The first-order valence-electron chi connectivity index (χ1n) is 7.77. The topological polar surface area (TPSA) is 104 Å². The number of hydrogen-bond acceptors (Lipinski definition) is 8. The van der Waals surface area contributed by atoms with Gasteiger partial charge >= 0.3 is 11.9 Å². The minimum atomic E-state index is -1.24. The molecule has 0 saturated carbocycles. The lowest BCUT2D eigenvalue weighted by Gasteiger charge is -2.09. The lowest BCUT2D eigenvalue weighted by Crippen LogP contribution is -2.29. The third kappa shape index (κ3) is 5.17. The highest BCUT2D eigenvalue weighted by molar-refractivity contribution is 6.09. The number of nitrogens with zero attached hydrogens (tertiary/aromatic N) is 4. The Bertz CT molecular complexity index is 731. The van der Waals surface area contributed by atoms with Crippen molar-refractivity contribution >= 4 is 24.0 Å². The van der Waals surface area contributed by atoms with Crippen LogP contribution in [0.5, 0.6) is 0 Å². The summed E-state index contributed by atoms with van der Waals surface area (Å²) in [5.74, 6) is -2.01. The molecule has 2 heterocycles. The highest BCUT2D eigenvalue weighted by Crippen LogP contribution is 2.15. The zero-order valence-electron chi connectivity index (χ0n) is 14.0. The zero-order chi connectivity index (χ0) is 18.1. The predicted molar refractivity (Wildman–Crippen MR) is 90.2 cm³/mol. The number of rotatable bonds is 7. The predicted octanol–water partition coefficient (Wildman–Crippen LogP) is 1.98. The van der Waals surface area contributed by atoms with E-state index in [1.807, 2.05) is 6.07 Å². The maximum Gasteiger partial charge on any atom is 0.325 e. The average molecular weight is 342 g/mol. The first-order valence-corrected chi connectivity index (χ1v) is 7.77. The largest absolute Gasteiger partial charge is 0.465 e. The fraction of sp³-hybridized carbons (Fsp3) is 0.294. The molecular weight excluding hydrogens is 324 g/mol. The minimum absolute atomic E-state index is 0.153. The van der Waals surface area contributed by atoms with Gasteiger partial charge in [-0.1, -0.05) is 6.07 Å². The Kier molecular flexibility index (Phi) is 6.70. The van der Waals surface area contributed by atoms with Gasteiger partial charge in [0, 0.05) is 24.7 Å². The molecule has 0 spiro atoms. The van der Waals surface area contributed by atoms with E-state index in [0.29, 0.717) is 11.5 Å². The van der Waals surface area contributed by atoms with Gasteiger partial charge in [-0.25, -0.2) is 15.0 Å². The van der Waals surface area contributed by atoms with E-state index in [1.54, 1.807) is 38.2 Å². The summed E-state index contributed by atoms with van der Waals surface area (Å²) >= 11 is 0. The van der Waals surface area contributed by atoms with Crippen molar-refractivity contribution in [2.24, 2.45) is 10.9 Å². The fourth-order valence-electron chi connectivity index (χ4n) is 1.87. The molecule has 0 amide bonds. The molecule has 0 unspecified atom stereocenters. The lowest BCUT2D eigenvalue weighted by molar-refractivity contribution is -0.157. The summed E-state index contributed by atoms with van der Waals surface area (Å²) in [6.07, 6.45) is 4.32. The Hall–Kier alpha value is -3.16. The summed E-state index contributed by atoms with van der Waals surface area (Å²) in [6, 6.07) is 6.92. The number of pyridine rings is 1. The molecule has 0 radical (unpaired) electrons. The van der Waals surface area contributed by atoms with Gasteiger partial charge in [-0.2, -0.15) is 0 Å². The minimum Gasteiger partial charge on any atom is -0.465 e. The fourth-order valence-corrected chi connectivity index (χ4v) is 1.87. The highest BCUT2D eigenvalue weighted by atomic mass is 16.6. The van der Waals surface area contributed by atoms with Crippen LogP contribution in [0.4, 0.5) is 5.82 Å². The quantitative estimate of drug-likeness (QED) is 0.430. The molecule has 8 nitrogen and oxygen atoms in total. The first kappa shape index (κ1) is 18.2. The second-order valence-corrected chi connectivity index (χ2v) is 4.71. The van der Waals surface area contributed by atoms with E-state index in [0.717, 1.165) is 0 Å². The molecule has 130 valence electrons. The van der Waals surface area contributed by atoms with E-state index in [9.17, 15) is 9.59 Å². The third-order valence-electron chi connectivity index (χ3n) is 2.97. The molecule has 25 heavy (non-hydrogen) atoms. The van der Waals surface area contributed by atoms with E-state index in [-0.39, 0.29) is 19.0 Å². The number of hydrogen-bond donors (Lipinski definition) is 0. The molecule has 0 atom stereocenters. The lowest BCUT2D eigenvalue weighted by atomic mass is 10.2. The normalized spacial score (nSPS) is 10.8. The van der Waals surface area contributed by atoms with E-state index in [4.69, 9.17) is 9.47 Å². The monoisotopic (exact) mass is 342 g/mol. The van der Waals surface area contributed by atoms with Gasteiger partial charge in [-0.15, -0.1) is 0 Å². The number of aliphatic imine (C=N–C) groups is 1. The molecule has 2 aromatic rings. The average Bonchev–Trinajstić information content (AvgIpc) is 2.63. The smallest absolute Gasteiger partial charge is 0.325 e. The summed E-state index contributed by atoms with van der Waals surface area (Å²) in [5.41, 5.74) is 0.590. The van der Waals surface area contributed by atoms with Gasteiger partial charge in [0.25, 0.3) is 0 Å². The Labute approximate surface area is 145 Å². The number of ether oxygens (including phenoxy) is 2. The van der Waals surface area contributed by atoms with Crippen LogP contribution in [-0.2, 0) is 19.1 Å². The molecular formula is C17H18N4O4. The van der Waals surface area contributed by atoms with E-state index in [1.165, 1.54) is 12.4 Å². The van der Waals surface area contributed by atoms with Gasteiger partial charge in [0.2, 0.25) is 0 Å². The van der Waals surface area contributed by atoms with E-state index < -0.39 is 17.9 Å². The van der Waals surface area contributed by atoms with Crippen molar-refractivity contribution in [2.45, 2.75) is 13.8 Å². The van der Waals surface area contributed by atoms with Crippen molar-refractivity contribution in [2.75, 3.05) is 13.2 Å². The van der Waals surface area contributed by atoms with Crippen LogP contribution in [0.15, 0.2) is 41.7 Å². The van der Waals surface area contributed by atoms with Crippen molar-refractivity contribution in [1.82, 2.24) is 15.0 Å². The summed E-state index contributed by atoms with van der Waals surface area (Å²) in [6.45, 7) is 3.61. The molecule has 0 aliphatic carbocycles. The molecule has 2 aromatic heterocycles. The maximum absolute atomic E-state index is 11.9. The van der Waals surface area contributed by atoms with Crippen molar-refractivity contribution < 1.29 is 19.1 Å². The molecule has 2 rings (SSSR count). The Morgan fingerprint density at radius 2 is 1.80 bits per heavy atom. The van der Waals surface area contributed by atoms with Crippen molar-refractivity contribution in [3.05, 3.63) is 36.7 Å². The van der Waals surface area contributed by atoms with Crippen LogP contribution in [0.2, 0.25) is 0 Å². The van der Waals surface area contributed by atoms with Crippen molar-refractivity contribution in [3.63, 3.8) is 0 Å². The Balaban J connectivity index is 2.22. The second kappa shape index (κ2) is 9.21. The molecule has 0 aliphatic rings.